The van der Waals surface area contributed by atoms with E-state index in [1.807, 2.05) is 13.8 Å². The molecule has 166 valence electrons. The van der Waals surface area contributed by atoms with Gasteiger partial charge in [0.05, 0.1) is 6.61 Å². The molecule has 0 atom stereocenters. The summed E-state index contributed by atoms with van der Waals surface area (Å²) in [6, 6.07) is 10.2. The van der Waals surface area contributed by atoms with Crippen LogP contribution < -0.4 is 25.6 Å². The van der Waals surface area contributed by atoms with Crippen LogP contribution in [0.2, 0.25) is 5.02 Å². The highest BCUT2D eigenvalue weighted by molar-refractivity contribution is 7.80. The fourth-order valence-electron chi connectivity index (χ4n) is 2.47. The van der Waals surface area contributed by atoms with E-state index in [0.717, 1.165) is 11.1 Å². The Balaban J connectivity index is 1.75. The van der Waals surface area contributed by atoms with Gasteiger partial charge in [0.2, 0.25) is 0 Å². The van der Waals surface area contributed by atoms with Crippen LogP contribution in [0.4, 0.5) is 0 Å². The van der Waals surface area contributed by atoms with Crippen molar-refractivity contribution in [1.82, 2.24) is 16.2 Å². The van der Waals surface area contributed by atoms with Crippen LogP contribution in [0.15, 0.2) is 36.4 Å². The molecule has 2 rings (SSSR count). The van der Waals surface area contributed by atoms with E-state index < -0.39 is 11.8 Å². The summed E-state index contributed by atoms with van der Waals surface area (Å²) in [4.78, 5) is 24.2. The molecule has 0 bridgehead atoms. The van der Waals surface area contributed by atoms with Crippen molar-refractivity contribution in [1.29, 1.82) is 0 Å². The number of carbonyl (C=O) groups is 2. The molecule has 0 saturated heterocycles. The molecule has 0 fully saturated rings. The van der Waals surface area contributed by atoms with Gasteiger partial charge in [-0.25, -0.2) is 0 Å². The maximum Gasteiger partial charge on any atom is 0.276 e. The van der Waals surface area contributed by atoms with Crippen LogP contribution in [-0.4, -0.2) is 30.1 Å². The van der Waals surface area contributed by atoms with Crippen LogP contribution in [-0.2, 0) is 4.79 Å². The number of halogens is 1. The van der Waals surface area contributed by atoms with Gasteiger partial charge in [-0.3, -0.25) is 25.8 Å². The van der Waals surface area contributed by atoms with Gasteiger partial charge in [-0.2, -0.15) is 0 Å². The van der Waals surface area contributed by atoms with Crippen molar-refractivity contribution in [3.63, 3.8) is 0 Å². The first-order valence-electron chi connectivity index (χ1n) is 9.68. The summed E-state index contributed by atoms with van der Waals surface area (Å²) in [6.07, 6.45) is 0. The molecule has 7 nitrogen and oxygen atoms in total. The molecule has 31 heavy (non-hydrogen) atoms. The average Bonchev–Trinajstić information content (AvgIpc) is 2.73. The van der Waals surface area contributed by atoms with E-state index in [0.29, 0.717) is 34.6 Å². The number of thiocarbonyl (C=S) groups is 1. The van der Waals surface area contributed by atoms with Gasteiger partial charge >= 0.3 is 0 Å². The SMILES string of the molecule is Cc1cc(OCC(=O)NNC(=S)NC(=O)c2ccc(OCC(C)C)cc2)cc(C)c1Cl. The number of nitrogens with one attached hydrogen (secondary N) is 3. The Bertz CT molecular complexity index is 925. The fourth-order valence-corrected chi connectivity index (χ4v) is 2.73. The van der Waals surface area contributed by atoms with Crippen LogP contribution in [0.5, 0.6) is 11.5 Å². The van der Waals surface area contributed by atoms with Gasteiger partial charge in [-0.1, -0.05) is 25.4 Å². The molecule has 0 aliphatic carbocycles. The highest BCUT2D eigenvalue weighted by Crippen LogP contribution is 2.25. The third-order valence-electron chi connectivity index (χ3n) is 4.02. The molecule has 0 aliphatic heterocycles. The average molecular weight is 464 g/mol. The Morgan fingerprint density at radius 2 is 1.61 bits per heavy atom. The smallest absolute Gasteiger partial charge is 0.276 e. The molecule has 0 aliphatic rings. The Morgan fingerprint density at radius 1 is 1.00 bits per heavy atom. The van der Waals surface area contributed by atoms with Gasteiger partial charge in [0.25, 0.3) is 11.8 Å². The molecule has 2 aromatic carbocycles. The summed E-state index contributed by atoms with van der Waals surface area (Å²) in [6.45, 7) is 8.19. The van der Waals surface area contributed by atoms with Crippen LogP contribution in [0.25, 0.3) is 0 Å². The number of benzene rings is 2. The van der Waals surface area contributed by atoms with E-state index in [-0.39, 0.29) is 11.7 Å². The molecule has 2 aromatic rings. The van der Waals surface area contributed by atoms with Gasteiger partial charge in [0.15, 0.2) is 11.7 Å². The molecular weight excluding hydrogens is 438 g/mol. The largest absolute Gasteiger partial charge is 0.493 e. The predicted octanol–water partition coefficient (Wildman–Crippen LogP) is 3.71. The molecule has 0 saturated carbocycles. The zero-order valence-corrected chi connectivity index (χ0v) is 19.4. The lowest BCUT2D eigenvalue weighted by atomic mass is 10.1. The van der Waals surface area contributed by atoms with Gasteiger partial charge in [-0.05, 0) is 79.5 Å². The molecule has 3 N–H and O–H groups in total. The van der Waals surface area contributed by atoms with E-state index in [1.165, 1.54) is 0 Å². The first-order valence-corrected chi connectivity index (χ1v) is 10.5. The molecule has 0 heterocycles. The fraction of sp³-hybridized carbons (Fsp3) is 0.318. The minimum Gasteiger partial charge on any atom is -0.493 e. The first-order chi connectivity index (χ1) is 14.7. The van der Waals surface area contributed by atoms with Crippen LogP contribution >= 0.6 is 23.8 Å². The van der Waals surface area contributed by atoms with Crippen molar-refractivity contribution < 1.29 is 19.1 Å². The number of ether oxygens (including phenoxy) is 2. The van der Waals surface area contributed by atoms with Crippen molar-refractivity contribution in [3.05, 3.63) is 58.1 Å². The van der Waals surface area contributed by atoms with E-state index in [9.17, 15) is 9.59 Å². The van der Waals surface area contributed by atoms with Crippen LogP contribution in [0.1, 0.15) is 35.3 Å². The van der Waals surface area contributed by atoms with Gasteiger partial charge < -0.3 is 9.47 Å². The summed E-state index contributed by atoms with van der Waals surface area (Å²) < 4.78 is 11.0. The van der Waals surface area contributed by atoms with Crippen molar-refractivity contribution in [2.45, 2.75) is 27.7 Å². The topological polar surface area (TPSA) is 88.7 Å². The Kier molecular flexibility index (Phi) is 9.08. The second kappa shape index (κ2) is 11.5. The maximum absolute atomic E-state index is 12.3. The van der Waals surface area contributed by atoms with Gasteiger partial charge in [0.1, 0.15) is 11.5 Å². The summed E-state index contributed by atoms with van der Waals surface area (Å²) >= 11 is 11.1. The molecule has 9 heteroatoms. The molecule has 0 aromatic heterocycles. The Morgan fingerprint density at radius 3 is 2.19 bits per heavy atom. The minimum atomic E-state index is -0.464. The Labute approximate surface area is 192 Å². The van der Waals surface area contributed by atoms with Gasteiger partial charge in [0, 0.05) is 10.6 Å². The summed E-state index contributed by atoms with van der Waals surface area (Å²) in [5.41, 5.74) is 6.97. The monoisotopic (exact) mass is 463 g/mol. The van der Waals surface area contributed by atoms with Crippen LogP contribution in [0, 0.1) is 19.8 Å². The standard InChI is InChI=1S/C22H26ClN3O4S/c1-13(2)11-29-17-7-5-16(6-8-17)21(28)24-22(31)26-25-19(27)12-30-18-9-14(3)20(23)15(4)10-18/h5-10,13H,11-12H2,1-4H3,(H,25,27)(H2,24,26,28,31). The minimum absolute atomic E-state index is 0.0448. The van der Waals surface area contributed by atoms with Crippen molar-refractivity contribution in [2.75, 3.05) is 13.2 Å². The van der Waals surface area contributed by atoms with Crippen LogP contribution in [0.3, 0.4) is 0 Å². The normalized spacial score (nSPS) is 10.4. The Hall–Kier alpha value is -2.84. The van der Waals surface area contributed by atoms with Crippen molar-refractivity contribution >= 4 is 40.7 Å². The lowest BCUT2D eigenvalue weighted by molar-refractivity contribution is -0.123. The molecular formula is C22H26ClN3O4S. The van der Waals surface area contributed by atoms with E-state index >= 15 is 0 Å². The second-order valence-electron chi connectivity index (χ2n) is 7.35. The molecule has 0 radical (unpaired) electrons. The molecule has 0 unspecified atom stereocenters. The number of carbonyl (C=O) groups excluding carboxylic acids is 2. The zero-order chi connectivity index (χ0) is 23.0. The quantitative estimate of drug-likeness (QED) is 0.428. The van der Waals surface area contributed by atoms with E-state index in [1.54, 1.807) is 36.4 Å². The highest BCUT2D eigenvalue weighted by Gasteiger charge is 2.10. The summed E-state index contributed by atoms with van der Waals surface area (Å²) in [7, 11) is 0. The third-order valence-corrected chi connectivity index (χ3v) is 4.82. The molecule has 0 spiro atoms. The number of hydrogen-bond acceptors (Lipinski definition) is 5. The van der Waals surface area contributed by atoms with Crippen molar-refractivity contribution in [3.8, 4) is 11.5 Å². The predicted molar refractivity (Wildman–Crippen MR) is 125 cm³/mol. The lowest BCUT2D eigenvalue weighted by Crippen LogP contribution is -2.49. The number of aryl methyl sites for hydroxylation is 2. The number of hydrazine groups is 1. The van der Waals surface area contributed by atoms with E-state index in [2.05, 4.69) is 30.0 Å². The lowest BCUT2D eigenvalue weighted by Gasteiger charge is -2.13. The highest BCUT2D eigenvalue weighted by atomic mass is 35.5. The van der Waals surface area contributed by atoms with Crippen molar-refractivity contribution in [2.24, 2.45) is 5.92 Å². The summed E-state index contributed by atoms with van der Waals surface area (Å²) in [5.74, 6) is 0.751. The number of hydrogen-bond donors (Lipinski definition) is 3. The first kappa shape index (κ1) is 24.4. The second-order valence-corrected chi connectivity index (χ2v) is 8.13. The maximum atomic E-state index is 12.3. The van der Waals surface area contributed by atoms with Gasteiger partial charge in [-0.15, -0.1) is 0 Å². The third kappa shape index (κ3) is 8.07. The zero-order valence-electron chi connectivity index (χ0n) is 17.9. The molecule has 2 amide bonds. The number of amides is 2. The van der Waals surface area contributed by atoms with E-state index in [4.69, 9.17) is 33.3 Å². The number of rotatable bonds is 7. The summed E-state index contributed by atoms with van der Waals surface area (Å²) in [5, 5.41) is 3.11.